The third-order valence-electron chi connectivity index (χ3n) is 3.24. The SMILES string of the molecule is CSc1ccc(C=CC(=O)OCC(=O)Nc2ccc(OC(F)(F)F)cc2)cc1. The van der Waals surface area contributed by atoms with Gasteiger partial charge in [-0.2, -0.15) is 0 Å². The summed E-state index contributed by atoms with van der Waals surface area (Å²) in [5, 5.41) is 2.39. The van der Waals surface area contributed by atoms with Gasteiger partial charge in [0.1, 0.15) is 5.75 Å². The molecule has 0 aliphatic carbocycles. The van der Waals surface area contributed by atoms with Crippen LogP contribution in [0.3, 0.4) is 0 Å². The van der Waals surface area contributed by atoms with E-state index < -0.39 is 30.6 Å². The standard InChI is InChI=1S/C19H16F3NO4S/c1-28-16-9-2-13(3-10-16)4-11-18(25)26-12-17(24)23-14-5-7-15(8-6-14)27-19(20,21)22/h2-11H,12H2,1H3,(H,23,24). The largest absolute Gasteiger partial charge is 0.573 e. The molecule has 2 aromatic carbocycles. The van der Waals surface area contributed by atoms with Gasteiger partial charge in [-0.25, -0.2) is 4.79 Å². The van der Waals surface area contributed by atoms with Gasteiger partial charge in [-0.15, -0.1) is 24.9 Å². The van der Waals surface area contributed by atoms with E-state index >= 15 is 0 Å². The van der Waals surface area contributed by atoms with E-state index in [1.54, 1.807) is 17.8 Å². The van der Waals surface area contributed by atoms with Crippen molar-refractivity contribution in [3.8, 4) is 5.75 Å². The Morgan fingerprint density at radius 2 is 1.71 bits per heavy atom. The Hall–Kier alpha value is -2.94. The van der Waals surface area contributed by atoms with Gasteiger partial charge in [-0.1, -0.05) is 12.1 Å². The fourth-order valence-electron chi connectivity index (χ4n) is 2.00. The van der Waals surface area contributed by atoms with E-state index in [0.29, 0.717) is 0 Å². The van der Waals surface area contributed by atoms with Crippen LogP contribution in [0.1, 0.15) is 5.56 Å². The smallest absolute Gasteiger partial charge is 0.452 e. The second-order valence-corrected chi connectivity index (χ2v) is 6.21. The summed E-state index contributed by atoms with van der Waals surface area (Å²) >= 11 is 1.60. The van der Waals surface area contributed by atoms with Crippen LogP contribution in [-0.4, -0.2) is 31.1 Å². The number of hydrogen-bond acceptors (Lipinski definition) is 5. The van der Waals surface area contributed by atoms with Crippen molar-refractivity contribution < 1.29 is 32.2 Å². The van der Waals surface area contributed by atoms with E-state index in [2.05, 4.69) is 10.1 Å². The predicted octanol–water partition coefficient (Wildman–Crippen LogP) is 4.50. The minimum Gasteiger partial charge on any atom is -0.452 e. The van der Waals surface area contributed by atoms with Gasteiger partial charge in [-0.3, -0.25) is 4.79 Å². The molecule has 2 aromatic rings. The Labute approximate surface area is 163 Å². The number of thioether (sulfide) groups is 1. The second-order valence-electron chi connectivity index (χ2n) is 5.33. The van der Waals surface area contributed by atoms with Crippen LogP contribution in [0.25, 0.3) is 6.08 Å². The Morgan fingerprint density at radius 1 is 1.07 bits per heavy atom. The van der Waals surface area contributed by atoms with Gasteiger partial charge in [0.25, 0.3) is 5.91 Å². The van der Waals surface area contributed by atoms with Crippen LogP contribution in [0, 0.1) is 0 Å². The third-order valence-corrected chi connectivity index (χ3v) is 3.99. The molecule has 28 heavy (non-hydrogen) atoms. The van der Waals surface area contributed by atoms with E-state index in [1.165, 1.54) is 18.2 Å². The lowest BCUT2D eigenvalue weighted by Gasteiger charge is -2.10. The summed E-state index contributed by atoms with van der Waals surface area (Å²) in [6.45, 7) is -0.532. The molecule has 5 nitrogen and oxygen atoms in total. The molecular formula is C19H16F3NO4S. The first-order chi connectivity index (χ1) is 13.2. The Kier molecular flexibility index (Phi) is 7.51. The van der Waals surface area contributed by atoms with E-state index in [1.807, 2.05) is 30.5 Å². The molecule has 0 saturated carbocycles. The Morgan fingerprint density at radius 3 is 2.29 bits per heavy atom. The average Bonchev–Trinajstić information content (AvgIpc) is 2.65. The number of carbonyl (C=O) groups is 2. The maximum absolute atomic E-state index is 12.1. The van der Waals surface area contributed by atoms with Gasteiger partial charge >= 0.3 is 12.3 Å². The van der Waals surface area contributed by atoms with Crippen LogP contribution in [0.15, 0.2) is 59.5 Å². The molecule has 0 unspecified atom stereocenters. The molecule has 0 spiro atoms. The molecular weight excluding hydrogens is 395 g/mol. The van der Waals surface area contributed by atoms with Crippen LogP contribution in [0.5, 0.6) is 5.75 Å². The number of halogens is 3. The molecule has 0 atom stereocenters. The lowest BCUT2D eigenvalue weighted by atomic mass is 10.2. The molecule has 148 valence electrons. The summed E-state index contributed by atoms with van der Waals surface area (Å²) < 4.78 is 44.8. The van der Waals surface area contributed by atoms with E-state index in [0.717, 1.165) is 22.6 Å². The van der Waals surface area contributed by atoms with Crippen molar-refractivity contribution in [2.45, 2.75) is 11.3 Å². The molecule has 0 aliphatic heterocycles. The molecule has 0 radical (unpaired) electrons. The minimum atomic E-state index is -4.79. The van der Waals surface area contributed by atoms with E-state index in [9.17, 15) is 22.8 Å². The Balaban J connectivity index is 1.78. The maximum Gasteiger partial charge on any atom is 0.573 e. The summed E-state index contributed by atoms with van der Waals surface area (Å²) in [6.07, 6.45) is -0.0736. The topological polar surface area (TPSA) is 64.6 Å². The Bertz CT molecular complexity index is 834. The minimum absolute atomic E-state index is 0.236. The molecule has 1 amide bonds. The molecule has 0 aromatic heterocycles. The third kappa shape index (κ3) is 7.75. The average molecular weight is 411 g/mol. The molecule has 0 bridgehead atoms. The number of alkyl halides is 3. The van der Waals surface area contributed by atoms with Crippen molar-refractivity contribution in [3.05, 3.63) is 60.2 Å². The monoisotopic (exact) mass is 411 g/mol. The highest BCUT2D eigenvalue weighted by atomic mass is 32.2. The number of benzene rings is 2. The van der Waals surface area contributed by atoms with E-state index in [4.69, 9.17) is 4.74 Å². The van der Waals surface area contributed by atoms with Crippen LogP contribution in [-0.2, 0) is 14.3 Å². The first-order valence-electron chi connectivity index (χ1n) is 7.90. The van der Waals surface area contributed by atoms with E-state index in [-0.39, 0.29) is 5.69 Å². The zero-order valence-corrected chi connectivity index (χ0v) is 15.5. The number of carbonyl (C=O) groups excluding carboxylic acids is 2. The molecule has 0 saturated heterocycles. The lowest BCUT2D eigenvalue weighted by molar-refractivity contribution is -0.274. The highest BCUT2D eigenvalue weighted by molar-refractivity contribution is 7.98. The highest BCUT2D eigenvalue weighted by Crippen LogP contribution is 2.23. The number of amides is 1. The number of anilines is 1. The first-order valence-corrected chi connectivity index (χ1v) is 9.12. The van der Waals surface area contributed by atoms with Crippen LogP contribution in [0.4, 0.5) is 18.9 Å². The molecule has 2 rings (SSSR count). The zero-order chi connectivity index (χ0) is 20.6. The van der Waals surface area contributed by atoms with Crippen molar-refractivity contribution >= 4 is 35.4 Å². The second kappa shape index (κ2) is 9.84. The zero-order valence-electron chi connectivity index (χ0n) is 14.7. The summed E-state index contributed by atoms with van der Waals surface area (Å²) in [5.74, 6) is -1.73. The van der Waals surface area contributed by atoms with Crippen LogP contribution < -0.4 is 10.1 Å². The number of hydrogen-bond donors (Lipinski definition) is 1. The fourth-order valence-corrected chi connectivity index (χ4v) is 2.41. The van der Waals surface area contributed by atoms with Gasteiger partial charge in [0.2, 0.25) is 0 Å². The summed E-state index contributed by atoms with van der Waals surface area (Å²) in [4.78, 5) is 24.5. The van der Waals surface area contributed by atoms with Crippen molar-refractivity contribution in [1.82, 2.24) is 0 Å². The number of nitrogens with one attached hydrogen (secondary N) is 1. The van der Waals surface area contributed by atoms with Crippen molar-refractivity contribution in [2.24, 2.45) is 0 Å². The first kappa shape index (κ1) is 21.4. The summed E-state index contributed by atoms with van der Waals surface area (Å²) in [7, 11) is 0. The molecule has 9 heteroatoms. The summed E-state index contributed by atoms with van der Waals surface area (Å²) in [5.41, 5.74) is 1.04. The number of rotatable bonds is 7. The van der Waals surface area contributed by atoms with Crippen molar-refractivity contribution in [1.29, 1.82) is 0 Å². The van der Waals surface area contributed by atoms with Gasteiger partial charge in [0, 0.05) is 16.7 Å². The van der Waals surface area contributed by atoms with Crippen molar-refractivity contribution in [3.63, 3.8) is 0 Å². The van der Waals surface area contributed by atoms with Crippen LogP contribution >= 0.6 is 11.8 Å². The molecule has 1 N–H and O–H groups in total. The highest BCUT2D eigenvalue weighted by Gasteiger charge is 2.30. The maximum atomic E-state index is 12.1. The number of esters is 1. The quantitative estimate of drug-likeness (QED) is 0.413. The molecule has 0 heterocycles. The van der Waals surface area contributed by atoms with Crippen LogP contribution in [0.2, 0.25) is 0 Å². The van der Waals surface area contributed by atoms with Gasteiger partial charge < -0.3 is 14.8 Å². The predicted molar refractivity (Wildman–Crippen MR) is 100.0 cm³/mol. The van der Waals surface area contributed by atoms with Gasteiger partial charge in [-0.05, 0) is 54.3 Å². The molecule has 0 aliphatic rings. The summed E-state index contributed by atoms with van der Waals surface area (Å²) in [6, 6.07) is 12.1. The van der Waals surface area contributed by atoms with Gasteiger partial charge in [0.15, 0.2) is 6.61 Å². The number of ether oxygens (including phenoxy) is 2. The molecule has 0 fully saturated rings. The lowest BCUT2D eigenvalue weighted by Crippen LogP contribution is -2.20. The van der Waals surface area contributed by atoms with Gasteiger partial charge in [0.05, 0.1) is 0 Å². The normalized spacial score (nSPS) is 11.3. The van der Waals surface area contributed by atoms with Crippen molar-refractivity contribution in [2.75, 3.05) is 18.2 Å². The fraction of sp³-hybridized carbons (Fsp3) is 0.158.